The first-order chi connectivity index (χ1) is 7.13. The van der Waals surface area contributed by atoms with Crippen LogP contribution < -0.4 is 16.2 Å². The average Bonchev–Trinajstić information content (AvgIpc) is 2.17. The molecule has 1 aromatic carbocycles. The maximum atomic E-state index is 11.9. The highest BCUT2D eigenvalue weighted by molar-refractivity contribution is 5.85. The molecule has 0 saturated carbocycles. The fraction of sp³-hybridized carbons (Fsp3) is 0.400. The van der Waals surface area contributed by atoms with Crippen LogP contribution in [0.2, 0.25) is 0 Å². The maximum absolute atomic E-state index is 11.9. The number of ether oxygens (including phenoxy) is 1. The largest absolute Gasteiger partial charge is 0.435 e. The lowest BCUT2D eigenvalue weighted by molar-refractivity contribution is -0.0499. The Labute approximate surface area is 99.2 Å². The van der Waals surface area contributed by atoms with Crippen molar-refractivity contribution in [1.29, 1.82) is 0 Å². The maximum Gasteiger partial charge on any atom is 0.387 e. The summed E-state index contributed by atoms with van der Waals surface area (Å²) < 4.78 is 28.1. The molecule has 1 rings (SSSR count). The lowest BCUT2D eigenvalue weighted by atomic mass is 10.0. The van der Waals surface area contributed by atoms with Crippen LogP contribution in [0.25, 0.3) is 0 Å². The minimum Gasteiger partial charge on any atom is -0.435 e. The first-order valence-electron chi connectivity index (χ1n) is 4.64. The van der Waals surface area contributed by atoms with Crippen molar-refractivity contribution < 1.29 is 13.5 Å². The number of hydrogen-bond donors (Lipinski definition) is 2. The van der Waals surface area contributed by atoms with Gasteiger partial charge in [0.2, 0.25) is 0 Å². The van der Waals surface area contributed by atoms with E-state index in [4.69, 9.17) is 11.5 Å². The topological polar surface area (TPSA) is 61.3 Å². The first kappa shape index (κ1) is 15.1. The van der Waals surface area contributed by atoms with Crippen LogP contribution in [0.15, 0.2) is 24.3 Å². The second-order valence-electron chi connectivity index (χ2n) is 3.13. The molecule has 0 spiro atoms. The molecule has 0 unspecified atom stereocenters. The lowest BCUT2D eigenvalue weighted by Crippen LogP contribution is -2.15. The Bertz CT molecular complexity index is 313. The van der Waals surface area contributed by atoms with Crippen molar-refractivity contribution in [3.63, 3.8) is 0 Å². The van der Waals surface area contributed by atoms with Gasteiger partial charge >= 0.3 is 6.61 Å². The third kappa shape index (κ3) is 4.74. The van der Waals surface area contributed by atoms with E-state index in [1.165, 1.54) is 12.1 Å². The van der Waals surface area contributed by atoms with Gasteiger partial charge < -0.3 is 16.2 Å². The van der Waals surface area contributed by atoms with Crippen molar-refractivity contribution >= 4 is 12.4 Å². The van der Waals surface area contributed by atoms with Gasteiger partial charge in [-0.2, -0.15) is 8.78 Å². The predicted octanol–water partition coefficient (Wildman–Crippen LogP) is 2.06. The Morgan fingerprint density at radius 2 is 2.00 bits per heavy atom. The average molecular weight is 253 g/mol. The molecule has 3 nitrogen and oxygen atoms in total. The summed E-state index contributed by atoms with van der Waals surface area (Å²) >= 11 is 0. The second kappa shape index (κ2) is 7.38. The smallest absolute Gasteiger partial charge is 0.387 e. The van der Waals surface area contributed by atoms with Gasteiger partial charge in [-0.3, -0.25) is 0 Å². The van der Waals surface area contributed by atoms with Crippen molar-refractivity contribution in [3.8, 4) is 5.75 Å². The molecule has 1 atom stereocenters. The van der Waals surface area contributed by atoms with Crippen LogP contribution in [-0.2, 0) is 0 Å². The summed E-state index contributed by atoms with van der Waals surface area (Å²) in [4.78, 5) is 0. The first-order valence-corrected chi connectivity index (χ1v) is 4.64. The Balaban J connectivity index is 0.00000225. The monoisotopic (exact) mass is 252 g/mol. The molecule has 4 N–H and O–H groups in total. The molecule has 0 radical (unpaired) electrons. The molecule has 1 aromatic rings. The number of benzene rings is 1. The van der Waals surface area contributed by atoms with Crippen molar-refractivity contribution in [2.75, 3.05) is 6.54 Å². The van der Waals surface area contributed by atoms with Crippen molar-refractivity contribution in [2.45, 2.75) is 19.1 Å². The highest BCUT2D eigenvalue weighted by Crippen LogP contribution is 2.20. The number of alkyl halides is 2. The van der Waals surface area contributed by atoms with E-state index < -0.39 is 6.61 Å². The zero-order valence-electron chi connectivity index (χ0n) is 8.61. The Hall–Kier alpha value is -0.910. The van der Waals surface area contributed by atoms with Crippen LogP contribution in [0.1, 0.15) is 18.0 Å². The van der Waals surface area contributed by atoms with Gasteiger partial charge in [0.1, 0.15) is 5.75 Å². The number of hydrogen-bond acceptors (Lipinski definition) is 3. The quantitative estimate of drug-likeness (QED) is 0.843. The van der Waals surface area contributed by atoms with Gasteiger partial charge in [-0.25, -0.2) is 0 Å². The summed E-state index contributed by atoms with van der Waals surface area (Å²) in [5.74, 6) is 0.120. The van der Waals surface area contributed by atoms with Crippen LogP contribution in [0.5, 0.6) is 5.75 Å². The van der Waals surface area contributed by atoms with E-state index in [2.05, 4.69) is 4.74 Å². The molecular formula is C10H15ClF2N2O. The summed E-state index contributed by atoms with van der Waals surface area (Å²) in [5.41, 5.74) is 11.9. The van der Waals surface area contributed by atoms with Crippen molar-refractivity contribution in [2.24, 2.45) is 11.5 Å². The van der Waals surface area contributed by atoms with Gasteiger partial charge in [-0.15, -0.1) is 12.4 Å². The van der Waals surface area contributed by atoms with E-state index in [1.54, 1.807) is 12.1 Å². The van der Waals surface area contributed by atoms with Gasteiger partial charge in [0.05, 0.1) is 0 Å². The van der Waals surface area contributed by atoms with E-state index in [-0.39, 0.29) is 24.2 Å². The zero-order valence-corrected chi connectivity index (χ0v) is 9.42. The third-order valence-corrected chi connectivity index (χ3v) is 1.99. The van der Waals surface area contributed by atoms with E-state index in [9.17, 15) is 8.78 Å². The van der Waals surface area contributed by atoms with Crippen LogP contribution in [0.4, 0.5) is 8.78 Å². The molecule has 0 heterocycles. The Morgan fingerprint density at radius 3 is 2.56 bits per heavy atom. The summed E-state index contributed by atoms with van der Waals surface area (Å²) in [6, 6.07) is 6.12. The highest BCUT2D eigenvalue weighted by Gasteiger charge is 2.08. The number of rotatable bonds is 5. The van der Waals surface area contributed by atoms with Gasteiger partial charge in [0.25, 0.3) is 0 Å². The molecular weight excluding hydrogens is 238 g/mol. The fourth-order valence-corrected chi connectivity index (χ4v) is 1.27. The van der Waals surface area contributed by atoms with Gasteiger partial charge in [0.15, 0.2) is 0 Å². The highest BCUT2D eigenvalue weighted by atomic mass is 35.5. The van der Waals surface area contributed by atoms with E-state index >= 15 is 0 Å². The van der Waals surface area contributed by atoms with Gasteiger partial charge in [0, 0.05) is 6.04 Å². The molecule has 16 heavy (non-hydrogen) atoms. The number of nitrogens with two attached hydrogens (primary N) is 2. The second-order valence-corrected chi connectivity index (χ2v) is 3.13. The summed E-state index contributed by atoms with van der Waals surface area (Å²) in [7, 11) is 0. The lowest BCUT2D eigenvalue weighted by Gasteiger charge is -2.12. The van der Waals surface area contributed by atoms with Gasteiger partial charge in [-0.05, 0) is 30.7 Å². The van der Waals surface area contributed by atoms with E-state index in [0.29, 0.717) is 13.0 Å². The van der Waals surface area contributed by atoms with Gasteiger partial charge in [-0.1, -0.05) is 12.1 Å². The third-order valence-electron chi connectivity index (χ3n) is 1.99. The normalized spacial score (nSPS) is 12.1. The molecule has 0 aliphatic heterocycles. The molecule has 6 heteroatoms. The molecule has 0 aliphatic rings. The molecule has 0 saturated heterocycles. The minimum absolute atomic E-state index is 0. The minimum atomic E-state index is -2.81. The zero-order chi connectivity index (χ0) is 11.3. The molecule has 0 bridgehead atoms. The molecule has 0 amide bonds. The van der Waals surface area contributed by atoms with Crippen LogP contribution in [0, 0.1) is 0 Å². The standard InChI is InChI=1S/C10H14F2N2O.ClH/c11-10(12)15-8-3-1-2-7(6-8)9(14)4-5-13;/h1-3,6,9-10H,4-5,13-14H2;1H/t9-;/m0./s1. The van der Waals surface area contributed by atoms with Crippen molar-refractivity contribution in [1.82, 2.24) is 0 Å². The van der Waals surface area contributed by atoms with E-state index in [0.717, 1.165) is 5.56 Å². The molecule has 92 valence electrons. The Morgan fingerprint density at radius 1 is 1.31 bits per heavy atom. The fourth-order valence-electron chi connectivity index (χ4n) is 1.27. The van der Waals surface area contributed by atoms with Crippen LogP contribution in [0.3, 0.4) is 0 Å². The predicted molar refractivity (Wildman–Crippen MR) is 60.9 cm³/mol. The summed E-state index contributed by atoms with van der Waals surface area (Å²) in [6.07, 6.45) is 0.609. The molecule has 0 aromatic heterocycles. The van der Waals surface area contributed by atoms with Crippen LogP contribution >= 0.6 is 12.4 Å². The summed E-state index contributed by atoms with van der Waals surface area (Å²) in [5, 5.41) is 0. The SMILES string of the molecule is Cl.NCC[C@H](N)c1cccc(OC(F)F)c1. The number of halogens is 3. The van der Waals surface area contributed by atoms with Crippen LogP contribution in [-0.4, -0.2) is 13.2 Å². The van der Waals surface area contributed by atoms with E-state index in [1.807, 2.05) is 0 Å². The molecule has 0 aliphatic carbocycles. The molecule has 0 fully saturated rings. The Kier molecular flexibility index (Phi) is 6.96. The summed E-state index contributed by atoms with van der Waals surface area (Å²) in [6.45, 7) is -2.35. The van der Waals surface area contributed by atoms with Crippen molar-refractivity contribution in [3.05, 3.63) is 29.8 Å².